The molecular formula is C12H21F3INO5S. The highest BCUT2D eigenvalue weighted by atomic mass is 127. The van der Waals surface area contributed by atoms with Crippen LogP contribution in [0, 0.1) is 0 Å². The lowest BCUT2D eigenvalue weighted by Crippen LogP contribution is -2.44. The molecule has 0 radical (unpaired) electrons. The zero-order valence-electron chi connectivity index (χ0n) is 13.0. The van der Waals surface area contributed by atoms with Crippen LogP contribution in [0.3, 0.4) is 0 Å². The molecule has 0 aromatic carbocycles. The van der Waals surface area contributed by atoms with Gasteiger partial charge in [-0.25, -0.2) is 0 Å². The van der Waals surface area contributed by atoms with Crippen LogP contribution in [0.5, 0.6) is 0 Å². The molecule has 2 N–H and O–H groups in total. The van der Waals surface area contributed by atoms with Gasteiger partial charge in [-0.3, -0.25) is 4.79 Å². The van der Waals surface area contributed by atoms with E-state index in [-0.39, 0.29) is 31.6 Å². The van der Waals surface area contributed by atoms with Gasteiger partial charge in [0.25, 0.3) is 0 Å². The average molecular weight is 475 g/mol. The Morgan fingerprint density at radius 3 is 2.43 bits per heavy atom. The molecule has 0 aliphatic carbocycles. The first-order valence-corrected chi connectivity index (χ1v) is 9.92. The maximum atomic E-state index is 10.4. The highest BCUT2D eigenvalue weighted by Gasteiger charge is 2.47. The van der Waals surface area contributed by atoms with Crippen LogP contribution < -0.4 is 5.73 Å². The monoisotopic (exact) mass is 475 g/mol. The van der Waals surface area contributed by atoms with Crippen LogP contribution in [-0.2, 0) is 23.2 Å². The third-order valence-corrected chi connectivity index (χ3v) is 3.59. The van der Waals surface area contributed by atoms with E-state index in [1.54, 1.807) is 0 Å². The first kappa shape index (κ1) is 23.2. The first-order valence-electron chi connectivity index (χ1n) is 6.63. The number of primary amides is 1. The summed E-state index contributed by atoms with van der Waals surface area (Å²) in [4.78, 5) is 8.58. The zero-order valence-corrected chi connectivity index (χ0v) is 15.9. The van der Waals surface area contributed by atoms with Crippen molar-refractivity contribution in [3.8, 4) is 0 Å². The van der Waals surface area contributed by atoms with Gasteiger partial charge < -0.3 is 24.1 Å². The summed E-state index contributed by atoms with van der Waals surface area (Å²) in [6.45, 7) is 5.34. The lowest BCUT2D eigenvalue weighted by molar-refractivity contribution is -0.156. The SMILES string of the molecule is CC(F)(F)F.CC1(C)OC2CCOC(COSI)C2O1.NC=O. The van der Waals surface area contributed by atoms with Crippen molar-refractivity contribution in [1.82, 2.24) is 0 Å². The molecule has 138 valence electrons. The van der Waals surface area contributed by atoms with Gasteiger partial charge in [0.2, 0.25) is 6.41 Å². The molecule has 23 heavy (non-hydrogen) atoms. The Kier molecular flexibility index (Phi) is 11.0. The number of carbonyl (C=O) groups is 1. The fraction of sp³-hybridized carbons (Fsp3) is 0.917. The summed E-state index contributed by atoms with van der Waals surface area (Å²) in [5, 5.41) is 0. The van der Waals surface area contributed by atoms with Crippen molar-refractivity contribution in [2.45, 2.75) is 57.5 Å². The number of carbonyl (C=O) groups excluding carboxylic acids is 1. The summed E-state index contributed by atoms with van der Waals surface area (Å²) < 4.78 is 53.6. The van der Waals surface area contributed by atoms with E-state index in [2.05, 4.69) is 26.9 Å². The number of ether oxygens (including phenoxy) is 3. The number of nitrogens with two attached hydrogens (primary N) is 1. The highest BCUT2D eigenvalue weighted by molar-refractivity contribution is 14.2. The van der Waals surface area contributed by atoms with Crippen molar-refractivity contribution in [3.63, 3.8) is 0 Å². The molecule has 2 heterocycles. The molecule has 2 fully saturated rings. The maximum absolute atomic E-state index is 10.4. The minimum atomic E-state index is -4.00. The molecule has 11 heteroatoms. The Bertz CT molecular complexity index is 343. The van der Waals surface area contributed by atoms with Gasteiger partial charge in [0.1, 0.15) is 12.2 Å². The fourth-order valence-electron chi connectivity index (χ4n) is 2.07. The van der Waals surface area contributed by atoms with E-state index in [0.717, 1.165) is 13.0 Å². The number of hydrogen-bond acceptors (Lipinski definition) is 6. The second-order valence-corrected chi connectivity index (χ2v) is 6.54. The van der Waals surface area contributed by atoms with Crippen molar-refractivity contribution in [1.29, 1.82) is 0 Å². The lowest BCUT2D eigenvalue weighted by Gasteiger charge is -2.30. The van der Waals surface area contributed by atoms with Gasteiger partial charge in [0, 0.05) is 34.7 Å². The van der Waals surface area contributed by atoms with E-state index in [0.29, 0.717) is 6.61 Å². The lowest BCUT2D eigenvalue weighted by atomic mass is 10.0. The third kappa shape index (κ3) is 11.4. The predicted molar refractivity (Wildman–Crippen MR) is 87.7 cm³/mol. The smallest absolute Gasteiger partial charge is 0.373 e. The topological polar surface area (TPSA) is 80.0 Å². The van der Waals surface area contributed by atoms with Crippen molar-refractivity contribution >= 4 is 36.8 Å². The molecule has 2 aliphatic rings. The zero-order chi connectivity index (χ0) is 18.1. The molecule has 3 atom stereocenters. The second kappa shape index (κ2) is 10.9. The van der Waals surface area contributed by atoms with Gasteiger partial charge in [0.15, 0.2) is 5.79 Å². The summed E-state index contributed by atoms with van der Waals surface area (Å²) in [5.74, 6) is -0.487. The number of hydrogen-bond donors (Lipinski definition) is 1. The summed E-state index contributed by atoms with van der Waals surface area (Å²) in [5.41, 5.74) is 4.17. The Labute approximate surface area is 149 Å². The van der Waals surface area contributed by atoms with Gasteiger partial charge in [-0.1, -0.05) is 0 Å². The van der Waals surface area contributed by atoms with Crippen LogP contribution in [0.15, 0.2) is 0 Å². The number of amides is 1. The average Bonchev–Trinajstić information content (AvgIpc) is 2.69. The summed E-state index contributed by atoms with van der Waals surface area (Å²) >= 11 is 2.10. The van der Waals surface area contributed by atoms with Crippen LogP contribution in [0.1, 0.15) is 27.2 Å². The van der Waals surface area contributed by atoms with Crippen LogP contribution in [0.2, 0.25) is 0 Å². The number of rotatable bonds is 3. The molecule has 2 aliphatic heterocycles. The predicted octanol–water partition coefficient (Wildman–Crippen LogP) is 2.98. The van der Waals surface area contributed by atoms with Gasteiger partial charge in [-0.15, -0.1) is 0 Å². The Balaban J connectivity index is 0.000000511. The molecule has 0 aromatic heterocycles. The van der Waals surface area contributed by atoms with E-state index >= 15 is 0 Å². The maximum Gasteiger partial charge on any atom is 0.386 e. The normalized spacial score (nSPS) is 28.6. The molecule has 2 rings (SSSR count). The molecule has 1 amide bonds. The summed E-state index contributed by atoms with van der Waals surface area (Å²) in [7, 11) is 1.32. The number of halogens is 4. The first-order chi connectivity index (χ1) is 10.5. The molecule has 0 bridgehead atoms. The molecule has 6 nitrogen and oxygen atoms in total. The largest absolute Gasteiger partial charge is 0.386 e. The number of fused-ring (bicyclic) bond motifs is 1. The highest BCUT2D eigenvalue weighted by Crippen LogP contribution is 2.35. The molecule has 0 aromatic rings. The van der Waals surface area contributed by atoms with Crippen molar-refractivity contribution < 1.29 is 36.4 Å². The molecule has 0 spiro atoms. The number of alkyl halides is 3. The minimum Gasteiger partial charge on any atom is -0.373 e. The molecular weight excluding hydrogens is 454 g/mol. The quantitative estimate of drug-likeness (QED) is 0.384. The van der Waals surface area contributed by atoms with E-state index in [1.807, 2.05) is 13.8 Å². The summed E-state index contributed by atoms with van der Waals surface area (Å²) in [6, 6.07) is 0. The Hall–Kier alpha value is 0.180. The fourth-order valence-corrected chi connectivity index (χ4v) is 2.69. The molecule has 3 unspecified atom stereocenters. The van der Waals surface area contributed by atoms with Crippen LogP contribution in [0.25, 0.3) is 0 Å². The molecule has 0 saturated carbocycles. The summed E-state index contributed by atoms with van der Waals surface area (Å²) in [6.07, 6.45) is -2.69. The minimum absolute atomic E-state index is 0.00668. The standard InChI is InChI=1S/C9H15IO4S.C2H3F3.CH3NO/c1-9(2)13-6-3-4-11-7(5-12-15-10)8(6)14-9;1-2(3,4)5;2-1-3/h6-8H,3-5H2,1-2H3;1H3;1H,(H2,2,3). The van der Waals surface area contributed by atoms with Crippen molar-refractivity contribution in [3.05, 3.63) is 0 Å². The third-order valence-electron chi connectivity index (χ3n) is 2.60. The van der Waals surface area contributed by atoms with E-state index in [9.17, 15) is 13.2 Å². The Morgan fingerprint density at radius 1 is 1.43 bits per heavy atom. The van der Waals surface area contributed by atoms with Crippen LogP contribution >= 0.6 is 30.4 Å². The van der Waals surface area contributed by atoms with Gasteiger partial charge in [-0.2, -0.15) is 13.2 Å². The second-order valence-electron chi connectivity index (χ2n) is 5.10. The van der Waals surface area contributed by atoms with E-state index < -0.39 is 12.0 Å². The van der Waals surface area contributed by atoms with Crippen molar-refractivity contribution in [2.75, 3.05) is 13.2 Å². The van der Waals surface area contributed by atoms with E-state index in [1.165, 1.54) is 9.21 Å². The van der Waals surface area contributed by atoms with E-state index in [4.69, 9.17) is 23.2 Å². The van der Waals surface area contributed by atoms with Crippen molar-refractivity contribution in [2.24, 2.45) is 5.73 Å². The van der Waals surface area contributed by atoms with Gasteiger partial charge >= 0.3 is 6.18 Å². The Morgan fingerprint density at radius 2 is 1.96 bits per heavy atom. The van der Waals surface area contributed by atoms with Crippen LogP contribution in [-0.4, -0.2) is 49.9 Å². The van der Waals surface area contributed by atoms with Crippen LogP contribution in [0.4, 0.5) is 13.2 Å². The van der Waals surface area contributed by atoms with Gasteiger partial charge in [-0.05, 0) is 20.3 Å². The van der Waals surface area contributed by atoms with Gasteiger partial charge in [0.05, 0.1) is 21.9 Å². The molecule has 2 saturated heterocycles.